The van der Waals surface area contributed by atoms with Crippen LogP contribution in [0.25, 0.3) is 0 Å². The number of aromatic nitrogens is 2. The highest BCUT2D eigenvalue weighted by atomic mass is 16.3. The Labute approximate surface area is 95.1 Å². The van der Waals surface area contributed by atoms with Crippen molar-refractivity contribution in [1.29, 1.82) is 0 Å². The summed E-state index contributed by atoms with van der Waals surface area (Å²) in [6.07, 6.45) is 8.49. The van der Waals surface area contributed by atoms with Crippen LogP contribution in [0, 0.1) is 0 Å². The molecule has 2 fully saturated rings. The highest BCUT2D eigenvalue weighted by Gasteiger charge is 2.43. The number of nitrogens with one attached hydrogen (secondary N) is 1. The molecule has 2 atom stereocenters. The Morgan fingerprint density at radius 2 is 1.81 bits per heavy atom. The van der Waals surface area contributed by atoms with Gasteiger partial charge in [0.25, 0.3) is 0 Å². The Morgan fingerprint density at radius 1 is 1.19 bits per heavy atom. The van der Waals surface area contributed by atoms with E-state index in [0.29, 0.717) is 17.9 Å². The second-order valence-corrected chi connectivity index (χ2v) is 5.00. The van der Waals surface area contributed by atoms with E-state index >= 15 is 0 Å². The fraction of sp³-hybridized carbons (Fsp3) is 0.667. The Kier molecular flexibility index (Phi) is 2.41. The molecule has 3 heterocycles. The van der Waals surface area contributed by atoms with Gasteiger partial charge in [0, 0.05) is 24.5 Å². The summed E-state index contributed by atoms with van der Waals surface area (Å²) in [7, 11) is 0. The molecule has 2 aliphatic rings. The number of nitrogens with zero attached hydrogens (tertiary/aromatic N) is 2. The van der Waals surface area contributed by atoms with Crippen molar-refractivity contribution in [3.8, 4) is 0 Å². The van der Waals surface area contributed by atoms with Crippen LogP contribution in [0.15, 0.2) is 18.5 Å². The van der Waals surface area contributed by atoms with Gasteiger partial charge in [-0.3, -0.25) is 0 Å². The predicted octanol–water partition coefficient (Wildman–Crippen LogP) is 0.969. The van der Waals surface area contributed by atoms with Gasteiger partial charge in [0.05, 0.1) is 0 Å². The van der Waals surface area contributed by atoms with Gasteiger partial charge in [-0.25, -0.2) is 9.97 Å². The highest BCUT2D eigenvalue weighted by molar-refractivity contribution is 5.08. The van der Waals surface area contributed by atoms with Gasteiger partial charge in [0.2, 0.25) is 0 Å². The van der Waals surface area contributed by atoms with Crippen LogP contribution < -0.4 is 5.32 Å². The van der Waals surface area contributed by atoms with Gasteiger partial charge in [0.15, 0.2) is 5.82 Å². The predicted molar refractivity (Wildman–Crippen MR) is 59.7 cm³/mol. The molecule has 4 heteroatoms. The van der Waals surface area contributed by atoms with Gasteiger partial charge in [0.1, 0.15) is 5.60 Å². The minimum Gasteiger partial charge on any atom is -0.382 e. The van der Waals surface area contributed by atoms with E-state index in [1.165, 1.54) is 6.42 Å². The zero-order chi connectivity index (χ0) is 11.0. The lowest BCUT2D eigenvalue weighted by molar-refractivity contribution is -0.0428. The van der Waals surface area contributed by atoms with Crippen molar-refractivity contribution in [2.45, 2.75) is 49.8 Å². The summed E-state index contributed by atoms with van der Waals surface area (Å²) >= 11 is 0. The number of hydrogen-bond acceptors (Lipinski definition) is 4. The third-order valence-electron chi connectivity index (χ3n) is 3.73. The average Bonchev–Trinajstić information content (AvgIpc) is 2.29. The van der Waals surface area contributed by atoms with E-state index in [-0.39, 0.29) is 0 Å². The minimum atomic E-state index is -0.817. The van der Waals surface area contributed by atoms with Crippen molar-refractivity contribution in [3.63, 3.8) is 0 Å². The molecule has 2 aliphatic heterocycles. The quantitative estimate of drug-likeness (QED) is 0.739. The summed E-state index contributed by atoms with van der Waals surface area (Å²) in [6, 6.07) is 2.65. The molecule has 3 rings (SSSR count). The maximum atomic E-state index is 10.7. The van der Waals surface area contributed by atoms with Crippen LogP contribution in [-0.2, 0) is 5.60 Å². The smallest absolute Gasteiger partial charge is 0.160 e. The topological polar surface area (TPSA) is 58.0 Å². The molecule has 1 aromatic heterocycles. The van der Waals surface area contributed by atoms with Gasteiger partial charge in [-0.15, -0.1) is 0 Å². The van der Waals surface area contributed by atoms with Gasteiger partial charge in [-0.05, 0) is 31.7 Å². The van der Waals surface area contributed by atoms with Gasteiger partial charge < -0.3 is 10.4 Å². The second-order valence-electron chi connectivity index (χ2n) is 5.00. The van der Waals surface area contributed by atoms with Crippen LogP contribution in [0.2, 0.25) is 0 Å². The van der Waals surface area contributed by atoms with Gasteiger partial charge in [-0.2, -0.15) is 0 Å². The molecule has 0 spiro atoms. The van der Waals surface area contributed by atoms with E-state index in [1.54, 1.807) is 18.5 Å². The van der Waals surface area contributed by atoms with E-state index in [0.717, 1.165) is 25.7 Å². The number of piperidine rings is 2. The van der Waals surface area contributed by atoms with E-state index in [9.17, 15) is 5.11 Å². The highest BCUT2D eigenvalue weighted by Crippen LogP contribution is 2.37. The van der Waals surface area contributed by atoms with Crippen molar-refractivity contribution in [2.24, 2.45) is 0 Å². The van der Waals surface area contributed by atoms with Crippen molar-refractivity contribution in [3.05, 3.63) is 24.3 Å². The molecular weight excluding hydrogens is 202 g/mol. The second kappa shape index (κ2) is 3.79. The van der Waals surface area contributed by atoms with Crippen molar-refractivity contribution < 1.29 is 5.11 Å². The summed E-state index contributed by atoms with van der Waals surface area (Å²) in [5, 5.41) is 14.2. The standard InChI is InChI=1S/C12H17N3O/c16-12(11-13-5-2-6-14-11)7-9-3-1-4-10(8-12)15-9/h2,5-6,9-10,15-16H,1,3-4,7-8H2. The molecule has 2 saturated heterocycles. The third-order valence-corrected chi connectivity index (χ3v) is 3.73. The molecule has 0 aromatic carbocycles. The zero-order valence-electron chi connectivity index (χ0n) is 9.26. The first-order chi connectivity index (χ1) is 7.76. The van der Waals surface area contributed by atoms with Crippen LogP contribution in [0.3, 0.4) is 0 Å². The molecule has 1 aromatic rings. The molecule has 0 amide bonds. The summed E-state index contributed by atoms with van der Waals surface area (Å²) < 4.78 is 0. The molecule has 2 unspecified atom stereocenters. The fourth-order valence-corrected chi connectivity index (χ4v) is 3.05. The first-order valence-electron chi connectivity index (χ1n) is 6.02. The SMILES string of the molecule is OC1(c2ncccn2)CC2CCCC(C1)N2. The lowest BCUT2D eigenvalue weighted by Gasteiger charge is -2.44. The van der Waals surface area contributed by atoms with Crippen LogP contribution in [0.4, 0.5) is 0 Å². The normalized spacial score (nSPS) is 38.3. The molecule has 2 N–H and O–H groups in total. The van der Waals surface area contributed by atoms with E-state index in [1.807, 2.05) is 0 Å². The Balaban J connectivity index is 1.88. The first-order valence-corrected chi connectivity index (χ1v) is 6.02. The third kappa shape index (κ3) is 1.72. The lowest BCUT2D eigenvalue weighted by Crippen LogP contribution is -2.54. The maximum absolute atomic E-state index is 10.7. The monoisotopic (exact) mass is 219 g/mol. The average molecular weight is 219 g/mol. The van der Waals surface area contributed by atoms with Crippen LogP contribution >= 0.6 is 0 Å². The maximum Gasteiger partial charge on any atom is 0.160 e. The number of hydrogen-bond donors (Lipinski definition) is 2. The molecule has 0 aliphatic carbocycles. The minimum absolute atomic E-state index is 0.432. The van der Waals surface area contributed by atoms with Crippen molar-refractivity contribution in [1.82, 2.24) is 15.3 Å². The van der Waals surface area contributed by atoms with Gasteiger partial charge in [-0.1, -0.05) is 6.42 Å². The van der Waals surface area contributed by atoms with E-state index < -0.39 is 5.60 Å². The summed E-state index contributed by atoms with van der Waals surface area (Å²) in [5.74, 6) is 0.591. The molecule has 0 radical (unpaired) electrons. The van der Waals surface area contributed by atoms with Crippen LogP contribution in [0.5, 0.6) is 0 Å². The van der Waals surface area contributed by atoms with E-state index in [2.05, 4.69) is 15.3 Å². The fourth-order valence-electron chi connectivity index (χ4n) is 3.05. The largest absolute Gasteiger partial charge is 0.382 e. The lowest BCUT2D eigenvalue weighted by atomic mass is 9.77. The van der Waals surface area contributed by atoms with Gasteiger partial charge >= 0.3 is 0 Å². The van der Waals surface area contributed by atoms with E-state index in [4.69, 9.17) is 0 Å². The number of rotatable bonds is 1. The van der Waals surface area contributed by atoms with Crippen molar-refractivity contribution >= 4 is 0 Å². The van der Waals surface area contributed by atoms with Crippen molar-refractivity contribution in [2.75, 3.05) is 0 Å². The number of aliphatic hydroxyl groups is 1. The van der Waals surface area contributed by atoms with Crippen LogP contribution in [-0.4, -0.2) is 27.2 Å². The Morgan fingerprint density at radius 3 is 2.44 bits per heavy atom. The molecular formula is C12H17N3O. The molecule has 0 saturated carbocycles. The number of fused-ring (bicyclic) bond motifs is 2. The molecule has 86 valence electrons. The molecule has 2 bridgehead atoms. The Bertz CT molecular complexity index is 356. The first kappa shape index (κ1) is 10.2. The summed E-state index contributed by atoms with van der Waals surface area (Å²) in [4.78, 5) is 8.43. The Hall–Kier alpha value is -1.00. The summed E-state index contributed by atoms with van der Waals surface area (Å²) in [6.45, 7) is 0. The zero-order valence-corrected chi connectivity index (χ0v) is 9.26. The molecule has 4 nitrogen and oxygen atoms in total. The summed E-state index contributed by atoms with van der Waals surface area (Å²) in [5.41, 5.74) is -0.817. The van der Waals surface area contributed by atoms with Crippen LogP contribution in [0.1, 0.15) is 37.9 Å². The molecule has 16 heavy (non-hydrogen) atoms.